The SMILES string of the molecule is COc1ccc(C=CC(=O)c2c(-c3ccccc3)c3ccccc3[nH]c2=O)cc1. The summed E-state index contributed by atoms with van der Waals surface area (Å²) in [5, 5.41) is 0.833. The molecule has 0 saturated heterocycles. The van der Waals surface area contributed by atoms with E-state index in [1.807, 2.05) is 78.9 Å². The van der Waals surface area contributed by atoms with Gasteiger partial charge < -0.3 is 9.72 Å². The molecule has 0 fully saturated rings. The highest BCUT2D eigenvalue weighted by atomic mass is 16.5. The van der Waals surface area contributed by atoms with Crippen LogP contribution in [0.25, 0.3) is 28.1 Å². The lowest BCUT2D eigenvalue weighted by Crippen LogP contribution is -2.18. The first-order valence-electron chi connectivity index (χ1n) is 9.24. The standard InChI is InChI=1S/C25H19NO3/c1-29-19-14-11-17(12-15-19)13-16-22(27)24-23(18-7-3-2-4-8-18)20-9-5-6-10-21(20)26-25(24)28/h2-16H,1H3,(H,26,28). The minimum Gasteiger partial charge on any atom is -0.497 e. The molecule has 0 aliphatic carbocycles. The molecule has 1 aromatic heterocycles. The highest BCUT2D eigenvalue weighted by molar-refractivity contribution is 6.15. The van der Waals surface area contributed by atoms with E-state index in [2.05, 4.69) is 4.98 Å². The molecule has 142 valence electrons. The summed E-state index contributed by atoms with van der Waals surface area (Å²) in [5.41, 5.74) is 2.77. The van der Waals surface area contributed by atoms with Crippen LogP contribution < -0.4 is 10.3 Å². The van der Waals surface area contributed by atoms with Gasteiger partial charge in [0.15, 0.2) is 5.78 Å². The third-order valence-electron chi connectivity index (χ3n) is 4.77. The van der Waals surface area contributed by atoms with E-state index in [4.69, 9.17) is 4.74 Å². The number of benzene rings is 3. The Morgan fingerprint density at radius 2 is 1.59 bits per heavy atom. The van der Waals surface area contributed by atoms with Crippen molar-refractivity contribution >= 4 is 22.8 Å². The van der Waals surface area contributed by atoms with Gasteiger partial charge in [0.2, 0.25) is 0 Å². The van der Waals surface area contributed by atoms with Gasteiger partial charge in [0.05, 0.1) is 12.7 Å². The fourth-order valence-corrected chi connectivity index (χ4v) is 3.35. The smallest absolute Gasteiger partial charge is 0.260 e. The van der Waals surface area contributed by atoms with Gasteiger partial charge in [-0.05, 0) is 35.4 Å². The van der Waals surface area contributed by atoms with E-state index in [1.165, 1.54) is 6.08 Å². The number of ketones is 1. The molecule has 0 atom stereocenters. The molecule has 4 rings (SSSR count). The molecule has 0 radical (unpaired) electrons. The van der Waals surface area contributed by atoms with Gasteiger partial charge in [-0.3, -0.25) is 9.59 Å². The van der Waals surface area contributed by atoms with Crippen LogP contribution in [-0.4, -0.2) is 17.9 Å². The summed E-state index contributed by atoms with van der Waals surface area (Å²) in [7, 11) is 1.60. The summed E-state index contributed by atoms with van der Waals surface area (Å²) in [4.78, 5) is 28.7. The molecule has 0 spiro atoms. The zero-order valence-corrected chi connectivity index (χ0v) is 15.9. The first-order chi connectivity index (χ1) is 14.2. The third-order valence-corrected chi connectivity index (χ3v) is 4.77. The molecule has 4 aromatic rings. The fourth-order valence-electron chi connectivity index (χ4n) is 3.35. The lowest BCUT2D eigenvalue weighted by atomic mass is 9.94. The average Bonchev–Trinajstić information content (AvgIpc) is 2.77. The zero-order valence-electron chi connectivity index (χ0n) is 15.9. The van der Waals surface area contributed by atoms with E-state index in [9.17, 15) is 9.59 Å². The largest absolute Gasteiger partial charge is 0.497 e. The number of para-hydroxylation sites is 1. The summed E-state index contributed by atoms with van der Waals surface area (Å²) in [6.07, 6.45) is 3.14. The van der Waals surface area contributed by atoms with Crippen LogP contribution in [0.15, 0.2) is 89.7 Å². The number of pyridine rings is 1. The van der Waals surface area contributed by atoms with Crippen molar-refractivity contribution in [1.29, 1.82) is 0 Å². The van der Waals surface area contributed by atoms with Crippen molar-refractivity contribution in [3.8, 4) is 16.9 Å². The number of carbonyl (C=O) groups is 1. The molecule has 0 aliphatic rings. The van der Waals surface area contributed by atoms with E-state index in [0.717, 1.165) is 22.3 Å². The van der Waals surface area contributed by atoms with Crippen molar-refractivity contribution in [2.45, 2.75) is 0 Å². The van der Waals surface area contributed by atoms with Gasteiger partial charge >= 0.3 is 0 Å². The minimum absolute atomic E-state index is 0.139. The van der Waals surface area contributed by atoms with Crippen LogP contribution >= 0.6 is 0 Å². The van der Waals surface area contributed by atoms with Gasteiger partial charge in [-0.2, -0.15) is 0 Å². The van der Waals surface area contributed by atoms with Gasteiger partial charge in [0.1, 0.15) is 5.75 Å². The number of ether oxygens (including phenoxy) is 1. The Bertz CT molecular complexity index is 1250. The van der Waals surface area contributed by atoms with E-state index in [0.29, 0.717) is 11.1 Å². The number of aromatic amines is 1. The van der Waals surface area contributed by atoms with Crippen molar-refractivity contribution < 1.29 is 9.53 Å². The maximum absolute atomic E-state index is 13.1. The van der Waals surface area contributed by atoms with Gasteiger partial charge in [-0.15, -0.1) is 0 Å². The number of H-pyrrole nitrogens is 1. The van der Waals surface area contributed by atoms with Crippen molar-refractivity contribution in [3.63, 3.8) is 0 Å². The number of hydrogen-bond donors (Lipinski definition) is 1. The molecule has 29 heavy (non-hydrogen) atoms. The molecule has 1 N–H and O–H groups in total. The predicted octanol–water partition coefficient (Wildman–Crippen LogP) is 5.10. The number of nitrogens with one attached hydrogen (secondary N) is 1. The van der Waals surface area contributed by atoms with Crippen molar-refractivity contribution in [2.75, 3.05) is 7.11 Å². The van der Waals surface area contributed by atoms with Crippen molar-refractivity contribution in [2.24, 2.45) is 0 Å². The van der Waals surface area contributed by atoms with Gasteiger partial charge in [-0.25, -0.2) is 0 Å². The molecule has 4 nitrogen and oxygen atoms in total. The average molecular weight is 381 g/mol. The highest BCUT2D eigenvalue weighted by Gasteiger charge is 2.18. The lowest BCUT2D eigenvalue weighted by Gasteiger charge is -2.11. The summed E-state index contributed by atoms with van der Waals surface area (Å²) in [6.45, 7) is 0. The number of fused-ring (bicyclic) bond motifs is 1. The zero-order chi connectivity index (χ0) is 20.2. The molecule has 3 aromatic carbocycles. The molecule has 0 aliphatic heterocycles. The van der Waals surface area contributed by atoms with E-state index >= 15 is 0 Å². The van der Waals surface area contributed by atoms with Crippen LogP contribution in [0.2, 0.25) is 0 Å². The number of allylic oxidation sites excluding steroid dienone is 1. The van der Waals surface area contributed by atoms with Gasteiger partial charge in [0.25, 0.3) is 5.56 Å². The van der Waals surface area contributed by atoms with Crippen LogP contribution in [0.5, 0.6) is 5.75 Å². The second-order valence-electron chi connectivity index (χ2n) is 6.59. The number of methoxy groups -OCH3 is 1. The Balaban J connectivity index is 1.84. The summed E-state index contributed by atoms with van der Waals surface area (Å²) < 4.78 is 5.15. The Labute approximate surface area is 168 Å². The molecule has 0 unspecified atom stereocenters. The molecule has 0 amide bonds. The number of rotatable bonds is 5. The number of aromatic nitrogens is 1. The molecule has 0 bridgehead atoms. The number of carbonyl (C=O) groups excluding carboxylic acids is 1. The minimum atomic E-state index is -0.396. The Kier molecular flexibility index (Phi) is 5.08. The summed E-state index contributed by atoms with van der Waals surface area (Å²) in [6, 6.07) is 24.4. The van der Waals surface area contributed by atoms with Crippen LogP contribution in [0.4, 0.5) is 0 Å². The summed E-state index contributed by atoms with van der Waals surface area (Å²) >= 11 is 0. The van der Waals surface area contributed by atoms with E-state index in [1.54, 1.807) is 13.2 Å². The van der Waals surface area contributed by atoms with Crippen molar-refractivity contribution in [1.82, 2.24) is 4.98 Å². The Morgan fingerprint density at radius 3 is 2.31 bits per heavy atom. The van der Waals surface area contributed by atoms with Crippen LogP contribution in [0.1, 0.15) is 15.9 Å². The third kappa shape index (κ3) is 3.73. The monoisotopic (exact) mass is 381 g/mol. The van der Waals surface area contributed by atoms with Gasteiger partial charge in [0, 0.05) is 16.5 Å². The van der Waals surface area contributed by atoms with Crippen LogP contribution in [-0.2, 0) is 0 Å². The fraction of sp³-hybridized carbons (Fsp3) is 0.0400. The Hall–Kier alpha value is -3.92. The Morgan fingerprint density at radius 1 is 0.897 bits per heavy atom. The van der Waals surface area contributed by atoms with Gasteiger partial charge in [-0.1, -0.05) is 66.7 Å². The highest BCUT2D eigenvalue weighted by Crippen LogP contribution is 2.29. The van der Waals surface area contributed by atoms with Crippen molar-refractivity contribution in [3.05, 3.63) is 106 Å². The van der Waals surface area contributed by atoms with E-state index in [-0.39, 0.29) is 11.3 Å². The second-order valence-corrected chi connectivity index (χ2v) is 6.59. The van der Waals surface area contributed by atoms with E-state index < -0.39 is 5.56 Å². The first-order valence-corrected chi connectivity index (χ1v) is 9.24. The first kappa shape index (κ1) is 18.4. The normalized spacial score (nSPS) is 11.1. The maximum atomic E-state index is 13.1. The predicted molar refractivity (Wildman–Crippen MR) is 116 cm³/mol. The van der Waals surface area contributed by atoms with Crippen LogP contribution in [0.3, 0.4) is 0 Å². The lowest BCUT2D eigenvalue weighted by molar-refractivity contribution is 0.104. The molecule has 1 heterocycles. The molecule has 4 heteroatoms. The maximum Gasteiger partial charge on any atom is 0.260 e. The number of hydrogen-bond acceptors (Lipinski definition) is 3. The van der Waals surface area contributed by atoms with Crippen LogP contribution in [0, 0.1) is 0 Å². The second kappa shape index (κ2) is 7.98. The topological polar surface area (TPSA) is 59.2 Å². The summed E-state index contributed by atoms with van der Waals surface area (Å²) in [5.74, 6) is 0.400. The molecule has 0 saturated carbocycles. The molecular formula is C25H19NO3. The quantitative estimate of drug-likeness (QED) is 0.386. The molecular weight excluding hydrogens is 362 g/mol.